The van der Waals surface area contributed by atoms with E-state index in [1.54, 1.807) is 0 Å². The van der Waals surface area contributed by atoms with Gasteiger partial charge in [0.15, 0.2) is 0 Å². The summed E-state index contributed by atoms with van der Waals surface area (Å²) < 4.78 is 0. The van der Waals surface area contributed by atoms with Crippen LogP contribution >= 0.6 is 25.3 Å². The fourth-order valence-corrected chi connectivity index (χ4v) is 4.93. The average Bonchev–Trinajstić information content (AvgIpc) is 3.75. The highest BCUT2D eigenvalue weighted by Crippen LogP contribution is 2.20. The van der Waals surface area contributed by atoms with E-state index in [0.29, 0.717) is 12.1 Å². The third-order valence-electron chi connectivity index (χ3n) is 7.03. The molecule has 1 aliphatic heterocycles. The second kappa shape index (κ2) is 19.4. The molecule has 0 spiro atoms. The van der Waals surface area contributed by atoms with E-state index in [1.807, 2.05) is 0 Å². The Balaban J connectivity index is 2.05. The lowest BCUT2D eigenvalue weighted by Gasteiger charge is -2.29. The quantitative estimate of drug-likeness (QED) is 0.0596. The number of carbonyl (C=O) groups excluding carboxylic acids is 6. The van der Waals surface area contributed by atoms with E-state index in [9.17, 15) is 53.7 Å². The first-order valence-corrected chi connectivity index (χ1v) is 15.8. The zero-order chi connectivity index (χ0) is 36.0. The molecule has 0 saturated carbocycles. The highest BCUT2D eigenvalue weighted by atomic mass is 32.1. The summed E-state index contributed by atoms with van der Waals surface area (Å²) in [6.45, 7) is -1.71. The van der Waals surface area contributed by atoms with Crippen molar-refractivity contribution in [3.63, 3.8) is 0 Å². The van der Waals surface area contributed by atoms with Crippen LogP contribution in [0.2, 0.25) is 0 Å². The van der Waals surface area contributed by atoms with Crippen LogP contribution in [-0.2, 0) is 44.8 Å². The largest absolute Gasteiger partial charge is 0.481 e. The lowest BCUT2D eigenvalue weighted by molar-refractivity contribution is -0.147. The Morgan fingerprint density at radius 2 is 1.62 bits per heavy atom. The molecule has 0 aromatic carbocycles. The fraction of sp³-hybridized carbons (Fsp3) is 0.577. The average molecular weight is 718 g/mol. The predicted molar refractivity (Wildman–Crippen MR) is 170 cm³/mol. The van der Waals surface area contributed by atoms with Gasteiger partial charge in [0.2, 0.25) is 35.4 Å². The summed E-state index contributed by atoms with van der Waals surface area (Å²) in [5.74, 6) is -8.44. The summed E-state index contributed by atoms with van der Waals surface area (Å²) in [5, 5.41) is 39.7. The number of nitrogens with zero attached hydrogens (tertiary/aromatic N) is 2. The van der Waals surface area contributed by atoms with E-state index in [2.05, 4.69) is 61.8 Å². The molecule has 1 aromatic rings. The van der Waals surface area contributed by atoms with Crippen molar-refractivity contribution in [3.05, 3.63) is 18.2 Å². The molecule has 6 amide bonds. The van der Waals surface area contributed by atoms with Gasteiger partial charge in [-0.3, -0.25) is 33.6 Å². The number of aromatic amines is 1. The predicted octanol–water partition coefficient (Wildman–Crippen LogP) is -5.26. The second-order valence-electron chi connectivity index (χ2n) is 10.6. The van der Waals surface area contributed by atoms with Crippen LogP contribution in [0.3, 0.4) is 0 Å². The number of likely N-dealkylation sites (tertiary alicyclic amines) is 1. The monoisotopic (exact) mass is 717 g/mol. The van der Waals surface area contributed by atoms with Gasteiger partial charge in [0.25, 0.3) is 0 Å². The summed E-state index contributed by atoms with van der Waals surface area (Å²) in [6, 6.07) is -8.14. The highest BCUT2D eigenvalue weighted by molar-refractivity contribution is 7.80. The zero-order valence-corrected chi connectivity index (χ0v) is 27.2. The number of nitrogens with two attached hydrogens (primary N) is 1. The van der Waals surface area contributed by atoms with Gasteiger partial charge in [-0.05, 0) is 12.8 Å². The number of hydrogen-bond donors (Lipinski definition) is 12. The van der Waals surface area contributed by atoms with Crippen molar-refractivity contribution in [2.75, 3.05) is 31.2 Å². The van der Waals surface area contributed by atoms with E-state index in [-0.39, 0.29) is 30.9 Å². The van der Waals surface area contributed by atoms with Crippen molar-refractivity contribution in [1.82, 2.24) is 41.5 Å². The molecular formula is C26H39N9O11S2. The minimum absolute atomic E-state index is 0.00375. The van der Waals surface area contributed by atoms with E-state index < -0.39 is 103 Å². The first kappa shape index (κ1) is 39.8. The van der Waals surface area contributed by atoms with Gasteiger partial charge in [0.1, 0.15) is 30.2 Å². The van der Waals surface area contributed by atoms with Crippen LogP contribution in [0, 0.1) is 0 Å². The minimum Gasteiger partial charge on any atom is -0.481 e. The van der Waals surface area contributed by atoms with Crippen LogP contribution in [0.15, 0.2) is 12.5 Å². The smallest absolute Gasteiger partial charge is 0.327 e. The van der Waals surface area contributed by atoms with E-state index in [1.165, 1.54) is 12.5 Å². The van der Waals surface area contributed by atoms with Crippen LogP contribution in [-0.4, -0.2) is 145 Å². The number of aliphatic hydroxyl groups excluding tert-OH is 1. The number of hydrogen-bond acceptors (Lipinski definition) is 13. The van der Waals surface area contributed by atoms with Gasteiger partial charge in [-0.15, -0.1) is 0 Å². The van der Waals surface area contributed by atoms with E-state index in [0.717, 1.165) is 4.90 Å². The molecule has 0 bridgehead atoms. The molecule has 0 radical (unpaired) electrons. The van der Waals surface area contributed by atoms with Gasteiger partial charge in [-0.25, -0.2) is 9.78 Å². The molecule has 6 atom stereocenters. The van der Waals surface area contributed by atoms with Gasteiger partial charge < -0.3 is 57.5 Å². The van der Waals surface area contributed by atoms with Gasteiger partial charge in [-0.1, -0.05) is 0 Å². The number of nitrogens with one attached hydrogen (secondary N) is 6. The van der Waals surface area contributed by atoms with Crippen molar-refractivity contribution in [3.8, 4) is 0 Å². The van der Waals surface area contributed by atoms with Crippen LogP contribution < -0.4 is 32.3 Å². The maximum absolute atomic E-state index is 13.3. The molecule has 1 fully saturated rings. The summed E-state index contributed by atoms with van der Waals surface area (Å²) >= 11 is 7.83. The number of carboxylic acids is 2. The van der Waals surface area contributed by atoms with Crippen LogP contribution in [0.5, 0.6) is 0 Å². The SMILES string of the molecule is N[C@@H](CS)C(=O)N[C@@H](Cc1cnc[nH]1)C(=O)NCC(=O)N[C@@H](CO)C(=O)N[C@@H](CC(=O)O)C(=O)N1CCC[C@H]1C(=O)N[C@@H](CS)C(=O)O. The molecule has 1 saturated heterocycles. The van der Waals surface area contributed by atoms with Gasteiger partial charge in [0.05, 0.1) is 31.9 Å². The number of carboxylic acid groups (broad SMARTS) is 2. The van der Waals surface area contributed by atoms with Crippen molar-refractivity contribution < 1.29 is 53.7 Å². The molecule has 2 rings (SSSR count). The maximum Gasteiger partial charge on any atom is 0.327 e. The molecule has 0 aliphatic carbocycles. The molecular weight excluding hydrogens is 678 g/mol. The number of imidazole rings is 1. The van der Waals surface area contributed by atoms with Crippen LogP contribution in [0.25, 0.3) is 0 Å². The van der Waals surface area contributed by atoms with Crippen LogP contribution in [0.1, 0.15) is 25.0 Å². The van der Waals surface area contributed by atoms with Crippen LogP contribution in [0.4, 0.5) is 0 Å². The van der Waals surface area contributed by atoms with Gasteiger partial charge in [0, 0.05) is 36.4 Å². The molecule has 1 aromatic heterocycles. The molecule has 0 unspecified atom stereocenters. The first-order chi connectivity index (χ1) is 22.7. The third-order valence-corrected chi connectivity index (χ3v) is 7.79. The van der Waals surface area contributed by atoms with E-state index >= 15 is 0 Å². The van der Waals surface area contributed by atoms with Crippen molar-refractivity contribution in [2.45, 2.75) is 61.9 Å². The summed E-state index contributed by atoms with van der Waals surface area (Å²) in [5.41, 5.74) is 6.14. The Labute approximate surface area is 284 Å². The maximum atomic E-state index is 13.3. The second-order valence-corrected chi connectivity index (χ2v) is 11.3. The van der Waals surface area contributed by atoms with Crippen molar-refractivity contribution in [2.24, 2.45) is 5.73 Å². The lowest BCUT2D eigenvalue weighted by Crippen LogP contribution is -2.59. The number of aliphatic carboxylic acids is 2. The molecule has 1 aliphatic rings. The van der Waals surface area contributed by atoms with Gasteiger partial charge >= 0.3 is 11.9 Å². The number of aliphatic hydroxyl groups is 1. The number of thiol groups is 2. The van der Waals surface area contributed by atoms with Crippen molar-refractivity contribution in [1.29, 1.82) is 0 Å². The Morgan fingerprint density at radius 3 is 2.19 bits per heavy atom. The lowest BCUT2D eigenvalue weighted by atomic mass is 10.1. The number of H-pyrrole nitrogens is 1. The molecule has 20 nitrogen and oxygen atoms in total. The van der Waals surface area contributed by atoms with Gasteiger partial charge in [-0.2, -0.15) is 25.3 Å². The molecule has 266 valence electrons. The zero-order valence-electron chi connectivity index (χ0n) is 25.5. The fourth-order valence-electron chi connectivity index (χ4n) is 4.52. The Kier molecular flexibility index (Phi) is 16.1. The summed E-state index contributed by atoms with van der Waals surface area (Å²) in [4.78, 5) is 107. The first-order valence-electron chi connectivity index (χ1n) is 14.5. The molecule has 2 heterocycles. The summed E-state index contributed by atoms with van der Waals surface area (Å²) in [7, 11) is 0. The normalized spacial score (nSPS) is 17.2. The number of carbonyl (C=O) groups is 8. The molecule has 48 heavy (non-hydrogen) atoms. The minimum atomic E-state index is -1.73. The highest BCUT2D eigenvalue weighted by Gasteiger charge is 2.40. The number of aromatic nitrogens is 2. The standard InChI is InChI=1S/C26H39N9O11S2/c27-13(9-47)21(40)32-14(4-12-6-28-11-30-12)22(41)29-7-19(37)31-16(8-36)23(42)33-15(5-20(38)39)25(44)35-3-1-2-18(35)24(43)34-17(10-48)26(45)46/h6,11,13-18,36,47-48H,1-5,7-10,27H2,(H,28,30)(H,29,41)(H,31,37)(H,32,40)(H,33,42)(H,34,43)(H,38,39)(H,45,46)/t13-,14-,15-,16-,17-,18-/m0/s1. The number of rotatable bonds is 19. The molecule has 11 N–H and O–H groups in total. The number of amides is 6. The Hall–Kier alpha value is -4.41. The third kappa shape index (κ3) is 12.0. The Bertz CT molecular complexity index is 1330. The van der Waals surface area contributed by atoms with Crippen molar-refractivity contribution >= 4 is 72.6 Å². The van der Waals surface area contributed by atoms with E-state index in [4.69, 9.17) is 5.73 Å². The summed E-state index contributed by atoms with van der Waals surface area (Å²) in [6.07, 6.45) is 2.27. The molecule has 22 heteroatoms. The Morgan fingerprint density at radius 1 is 0.938 bits per heavy atom. The topological polar surface area (TPSA) is 315 Å².